The summed E-state index contributed by atoms with van der Waals surface area (Å²) in [5.41, 5.74) is 0. The molecule has 1 saturated carbocycles. The molecule has 1 N–H and O–H groups in total. The molecule has 0 unspecified atom stereocenters. The van der Waals surface area contributed by atoms with E-state index < -0.39 is 21.1 Å². The van der Waals surface area contributed by atoms with Crippen LogP contribution in [0.25, 0.3) is 0 Å². The van der Waals surface area contributed by atoms with E-state index in [1.54, 1.807) is 0 Å². The molecular formula is C6H14O6S2. The fraction of sp³-hybridized carbons (Fsp3) is 1.00. The average molecular weight is 246 g/mol. The third-order valence-electron chi connectivity index (χ3n) is 1.64. The lowest BCUT2D eigenvalue weighted by Gasteiger charge is -2.17. The van der Waals surface area contributed by atoms with Crippen LogP contribution in [-0.4, -0.2) is 33.2 Å². The maximum atomic E-state index is 10.0. The lowest BCUT2D eigenvalue weighted by molar-refractivity contribution is 0.283. The van der Waals surface area contributed by atoms with E-state index in [2.05, 4.69) is 4.18 Å². The molecule has 0 aromatic heterocycles. The molecule has 86 valence electrons. The topological polar surface area (TPSA) is 97.7 Å². The summed E-state index contributed by atoms with van der Waals surface area (Å²) in [5, 5.41) is 0.0370. The highest BCUT2D eigenvalue weighted by atomic mass is 32.3. The highest BCUT2D eigenvalue weighted by Crippen LogP contribution is 2.20. The molecule has 0 aliphatic heterocycles. The van der Waals surface area contributed by atoms with E-state index in [-0.39, 0.29) is 11.9 Å². The molecule has 1 fully saturated rings. The van der Waals surface area contributed by atoms with Gasteiger partial charge in [-0.15, -0.1) is 0 Å². The van der Waals surface area contributed by atoms with Crippen molar-refractivity contribution in [3.8, 4) is 0 Å². The Kier molecular flexibility index (Phi) is 6.25. The highest BCUT2D eigenvalue weighted by molar-refractivity contribution is 7.80. The van der Waals surface area contributed by atoms with E-state index in [4.69, 9.17) is 4.55 Å². The van der Waals surface area contributed by atoms with Gasteiger partial charge in [0.1, 0.15) is 10.7 Å². The van der Waals surface area contributed by atoms with Gasteiger partial charge in [0.2, 0.25) is 0 Å². The van der Waals surface area contributed by atoms with Gasteiger partial charge in [0, 0.05) is 0 Å². The van der Waals surface area contributed by atoms with Crippen molar-refractivity contribution in [2.24, 2.45) is 0 Å². The van der Waals surface area contributed by atoms with E-state index in [1.165, 1.54) is 6.92 Å². The van der Waals surface area contributed by atoms with Crippen LogP contribution in [0.3, 0.4) is 0 Å². The maximum absolute atomic E-state index is 10.0. The van der Waals surface area contributed by atoms with Crippen molar-refractivity contribution in [2.45, 2.75) is 31.4 Å². The van der Waals surface area contributed by atoms with E-state index in [9.17, 15) is 16.8 Å². The van der Waals surface area contributed by atoms with Crippen LogP contribution in [0.1, 0.15) is 26.2 Å². The van der Waals surface area contributed by atoms with Crippen LogP contribution in [0.15, 0.2) is 0 Å². The quantitative estimate of drug-likeness (QED) is 0.536. The second-order valence-corrected chi connectivity index (χ2v) is 5.10. The predicted molar refractivity (Wildman–Crippen MR) is 51.1 cm³/mol. The molecule has 1 aliphatic carbocycles. The van der Waals surface area contributed by atoms with Gasteiger partial charge in [-0.1, -0.05) is 6.42 Å². The van der Waals surface area contributed by atoms with Crippen LogP contribution in [0.2, 0.25) is 0 Å². The van der Waals surface area contributed by atoms with Gasteiger partial charge in [0.05, 0.1) is 11.9 Å². The van der Waals surface area contributed by atoms with Gasteiger partial charge in [0.15, 0.2) is 0 Å². The molecule has 0 spiro atoms. The summed E-state index contributed by atoms with van der Waals surface area (Å²) >= 11 is 0. The van der Waals surface area contributed by atoms with Gasteiger partial charge in [-0.3, -0.25) is 4.55 Å². The second kappa shape index (κ2) is 6.33. The number of hydrogen-bond donors (Lipinski definition) is 2. The molecule has 1 aliphatic rings. The summed E-state index contributed by atoms with van der Waals surface area (Å²) < 4.78 is 50.7. The molecule has 0 heterocycles. The predicted octanol–water partition coefficient (Wildman–Crippen LogP) is -0.0240. The molecule has 0 aromatic carbocycles. The van der Waals surface area contributed by atoms with Crippen molar-refractivity contribution >= 4 is 21.1 Å². The van der Waals surface area contributed by atoms with E-state index in [1.807, 2.05) is 0 Å². The molecule has 0 saturated heterocycles. The van der Waals surface area contributed by atoms with Gasteiger partial charge >= 0.3 is 10.4 Å². The minimum absolute atomic E-state index is 0.0289. The number of thiol groups is 1. The highest BCUT2D eigenvalue weighted by Gasteiger charge is 2.19. The molecule has 0 aromatic rings. The minimum Gasteiger partial charge on any atom is -0.264 e. The van der Waals surface area contributed by atoms with Gasteiger partial charge in [-0.25, -0.2) is 12.6 Å². The molecule has 0 bridgehead atoms. The first-order valence-corrected chi connectivity index (χ1v) is 6.73. The van der Waals surface area contributed by atoms with Crippen molar-refractivity contribution < 1.29 is 25.6 Å². The molecule has 6 nitrogen and oxygen atoms in total. The normalized spacial score (nSPS) is 17.1. The fourth-order valence-electron chi connectivity index (χ4n) is 0.746. The zero-order valence-electron chi connectivity index (χ0n) is 7.75. The van der Waals surface area contributed by atoms with Crippen molar-refractivity contribution in [3.05, 3.63) is 0 Å². The SMILES string of the molecule is CCOS(=O)(=O)O.O=[SH](=O)C1CCC1. The fourth-order valence-corrected chi connectivity index (χ4v) is 1.83. The molecule has 14 heavy (non-hydrogen) atoms. The Labute approximate surface area is 85.2 Å². The lowest BCUT2D eigenvalue weighted by Crippen LogP contribution is -2.18. The second-order valence-electron chi connectivity index (χ2n) is 2.70. The van der Waals surface area contributed by atoms with Crippen LogP contribution in [0.5, 0.6) is 0 Å². The first-order chi connectivity index (χ1) is 6.37. The lowest BCUT2D eigenvalue weighted by atomic mass is 10.0. The molecule has 0 radical (unpaired) electrons. The Morgan fingerprint density at radius 1 is 1.43 bits per heavy atom. The molecular weight excluding hydrogens is 232 g/mol. The number of hydrogen-bond acceptors (Lipinski definition) is 5. The number of rotatable bonds is 3. The summed E-state index contributed by atoms with van der Waals surface area (Å²) in [6.45, 7) is 1.44. The zero-order valence-corrected chi connectivity index (χ0v) is 9.46. The van der Waals surface area contributed by atoms with Crippen LogP contribution >= 0.6 is 0 Å². The monoisotopic (exact) mass is 246 g/mol. The van der Waals surface area contributed by atoms with Crippen molar-refractivity contribution in [1.82, 2.24) is 0 Å². The van der Waals surface area contributed by atoms with Crippen LogP contribution in [0, 0.1) is 0 Å². The summed E-state index contributed by atoms with van der Waals surface area (Å²) in [4.78, 5) is 0. The van der Waals surface area contributed by atoms with Crippen molar-refractivity contribution in [1.29, 1.82) is 0 Å². The minimum atomic E-state index is -4.17. The van der Waals surface area contributed by atoms with Crippen molar-refractivity contribution in [2.75, 3.05) is 6.61 Å². The zero-order chi connectivity index (χ0) is 11.2. The summed E-state index contributed by atoms with van der Waals surface area (Å²) in [6.07, 6.45) is 2.91. The molecule has 8 heteroatoms. The van der Waals surface area contributed by atoms with E-state index in [0.29, 0.717) is 0 Å². The standard InChI is InChI=1S/C4H8O2S.C2H6O4S/c5-7(6)4-2-1-3-4;1-2-6-7(3,4)5/h4,7H,1-3H2;2H2,1H3,(H,3,4,5). The summed E-state index contributed by atoms with van der Waals surface area (Å²) in [5.74, 6) is 0. The van der Waals surface area contributed by atoms with Crippen LogP contribution < -0.4 is 0 Å². The largest absolute Gasteiger partial charge is 0.397 e. The van der Waals surface area contributed by atoms with Crippen LogP contribution in [0.4, 0.5) is 0 Å². The Morgan fingerprint density at radius 2 is 1.93 bits per heavy atom. The van der Waals surface area contributed by atoms with Gasteiger partial charge in [-0.05, 0) is 19.8 Å². The van der Waals surface area contributed by atoms with Gasteiger partial charge < -0.3 is 0 Å². The Morgan fingerprint density at radius 3 is 1.93 bits per heavy atom. The maximum Gasteiger partial charge on any atom is 0.397 e. The summed E-state index contributed by atoms with van der Waals surface area (Å²) in [6, 6.07) is 0. The first-order valence-electron chi connectivity index (χ1n) is 4.12. The Bertz CT molecular complexity index is 305. The van der Waals surface area contributed by atoms with Gasteiger partial charge in [-0.2, -0.15) is 8.42 Å². The summed E-state index contributed by atoms with van der Waals surface area (Å²) in [7, 11) is -6.25. The Hall–Kier alpha value is -0.180. The average Bonchev–Trinajstić information content (AvgIpc) is 1.78. The smallest absolute Gasteiger partial charge is 0.264 e. The van der Waals surface area contributed by atoms with Crippen LogP contribution in [-0.2, 0) is 25.3 Å². The van der Waals surface area contributed by atoms with Crippen molar-refractivity contribution in [3.63, 3.8) is 0 Å². The van der Waals surface area contributed by atoms with Gasteiger partial charge in [0.25, 0.3) is 0 Å². The molecule has 0 atom stereocenters. The Balaban J connectivity index is 0.000000241. The van der Waals surface area contributed by atoms with E-state index in [0.717, 1.165) is 19.3 Å². The third-order valence-corrected chi connectivity index (χ3v) is 3.29. The molecule has 0 amide bonds. The molecule has 1 rings (SSSR count). The first kappa shape index (κ1) is 13.8. The third kappa shape index (κ3) is 7.25. The van der Waals surface area contributed by atoms with E-state index >= 15 is 0 Å².